The molecular weight excluding hydrogens is 408 g/mol. The van der Waals surface area contributed by atoms with Crippen molar-refractivity contribution < 1.29 is 14.9 Å². The van der Waals surface area contributed by atoms with Gasteiger partial charge in [-0.25, -0.2) is 0 Å². The van der Waals surface area contributed by atoms with Crippen LogP contribution in [0.2, 0.25) is 0 Å². The van der Waals surface area contributed by atoms with Crippen LogP contribution in [0.4, 0.5) is 0 Å². The van der Waals surface area contributed by atoms with E-state index in [-0.39, 0.29) is 16.6 Å². The van der Waals surface area contributed by atoms with E-state index in [0.717, 1.165) is 44.9 Å². The van der Waals surface area contributed by atoms with Crippen molar-refractivity contribution in [2.45, 2.75) is 89.6 Å². The lowest BCUT2D eigenvalue weighted by atomic mass is 9.52. The van der Waals surface area contributed by atoms with Gasteiger partial charge < -0.3 is 14.9 Å². The Balaban J connectivity index is 1.40. The Hall–Kier alpha value is -2.00. The van der Waals surface area contributed by atoms with Crippen LogP contribution < -0.4 is 4.74 Å². The van der Waals surface area contributed by atoms with Gasteiger partial charge in [0.2, 0.25) is 0 Å². The summed E-state index contributed by atoms with van der Waals surface area (Å²) in [5.41, 5.74) is 4.71. The highest BCUT2D eigenvalue weighted by Crippen LogP contribution is 2.65. The summed E-state index contributed by atoms with van der Waals surface area (Å²) in [7, 11) is 1.63. The van der Waals surface area contributed by atoms with Gasteiger partial charge in [0.15, 0.2) is 11.5 Å². The first-order valence-electron chi connectivity index (χ1n) is 12.8. The topological polar surface area (TPSA) is 49.7 Å². The van der Waals surface area contributed by atoms with Crippen LogP contribution in [0.5, 0.6) is 11.5 Å². The molecule has 3 unspecified atom stereocenters. The highest BCUT2D eigenvalue weighted by atomic mass is 16.5. The maximum Gasteiger partial charge on any atom is 0.160 e. The molecule has 0 saturated heterocycles. The predicted molar refractivity (Wildman–Crippen MR) is 133 cm³/mol. The minimum Gasteiger partial charge on any atom is -0.504 e. The lowest BCUT2D eigenvalue weighted by molar-refractivity contribution is -0.102. The molecule has 33 heavy (non-hydrogen) atoms. The van der Waals surface area contributed by atoms with Crippen molar-refractivity contribution in [2.24, 2.45) is 17.3 Å². The van der Waals surface area contributed by atoms with Crippen LogP contribution >= 0.6 is 0 Å². The van der Waals surface area contributed by atoms with Crippen LogP contribution in [-0.4, -0.2) is 22.9 Å². The van der Waals surface area contributed by atoms with Gasteiger partial charge in [-0.15, -0.1) is 0 Å². The molecule has 2 aromatic carbocycles. The number of benzene rings is 2. The van der Waals surface area contributed by atoms with E-state index in [1.807, 2.05) is 6.07 Å². The van der Waals surface area contributed by atoms with Gasteiger partial charge in [-0.2, -0.15) is 0 Å². The standard InChI is InChI=1S/C30H40O3/c1-28(2,3)21-9-6-19(7-10-21)18-30(32)15-13-25-23-11-8-20-16-26(31)27(33-5)17-24(20)22(23)12-14-29(25,30)4/h6-7,9-10,16-17,22-23,25,31-32H,8,11-15,18H2,1-5H3/t22?,23?,25?,29-,30+/m0/s1. The number of phenols is 1. The van der Waals surface area contributed by atoms with Gasteiger partial charge in [-0.05, 0) is 101 Å². The average molecular weight is 449 g/mol. The number of aryl methyl sites for hydroxylation is 1. The lowest BCUT2D eigenvalue weighted by Crippen LogP contribution is -2.51. The van der Waals surface area contributed by atoms with E-state index in [0.29, 0.717) is 23.5 Å². The van der Waals surface area contributed by atoms with Crippen molar-refractivity contribution in [1.82, 2.24) is 0 Å². The Kier molecular flexibility index (Phi) is 5.36. The van der Waals surface area contributed by atoms with E-state index in [1.165, 1.54) is 22.3 Å². The van der Waals surface area contributed by atoms with E-state index < -0.39 is 5.60 Å². The molecule has 0 spiro atoms. The largest absolute Gasteiger partial charge is 0.504 e. The summed E-state index contributed by atoms with van der Waals surface area (Å²) in [6.07, 6.45) is 7.07. The van der Waals surface area contributed by atoms with E-state index in [1.54, 1.807) is 7.11 Å². The molecule has 2 aromatic rings. The summed E-state index contributed by atoms with van der Waals surface area (Å²) < 4.78 is 5.44. The molecule has 0 radical (unpaired) electrons. The number of hydrogen-bond donors (Lipinski definition) is 2. The van der Waals surface area contributed by atoms with Crippen molar-refractivity contribution in [2.75, 3.05) is 7.11 Å². The Morgan fingerprint density at radius 1 is 1.03 bits per heavy atom. The van der Waals surface area contributed by atoms with Gasteiger partial charge in [-0.3, -0.25) is 0 Å². The molecular formula is C30H40O3. The average Bonchev–Trinajstić information content (AvgIpc) is 3.03. The number of rotatable bonds is 3. The molecule has 0 bridgehead atoms. The van der Waals surface area contributed by atoms with Gasteiger partial charge in [0.1, 0.15) is 0 Å². The first kappa shape index (κ1) is 22.8. The number of hydrogen-bond acceptors (Lipinski definition) is 3. The zero-order chi connectivity index (χ0) is 23.6. The van der Waals surface area contributed by atoms with E-state index >= 15 is 0 Å². The van der Waals surface area contributed by atoms with Gasteiger partial charge in [0, 0.05) is 6.42 Å². The van der Waals surface area contributed by atoms with Crippen molar-refractivity contribution in [3.8, 4) is 11.5 Å². The summed E-state index contributed by atoms with van der Waals surface area (Å²) in [6, 6.07) is 13.0. The van der Waals surface area contributed by atoms with Gasteiger partial charge >= 0.3 is 0 Å². The van der Waals surface area contributed by atoms with Crippen LogP contribution in [0.1, 0.15) is 88.0 Å². The highest BCUT2D eigenvalue weighted by Gasteiger charge is 2.61. The predicted octanol–water partition coefficient (Wildman–Crippen LogP) is 6.53. The maximum atomic E-state index is 12.1. The zero-order valence-electron chi connectivity index (χ0n) is 20.9. The minimum atomic E-state index is -0.640. The zero-order valence-corrected chi connectivity index (χ0v) is 20.9. The second-order valence-corrected chi connectivity index (χ2v) is 12.3. The Labute approximate surface area is 199 Å². The van der Waals surface area contributed by atoms with Crippen LogP contribution in [0.25, 0.3) is 0 Å². The van der Waals surface area contributed by atoms with E-state index in [2.05, 4.69) is 58.0 Å². The highest BCUT2D eigenvalue weighted by molar-refractivity contribution is 5.49. The summed E-state index contributed by atoms with van der Waals surface area (Å²) in [5.74, 6) is 2.49. The third-order valence-corrected chi connectivity index (χ3v) is 9.66. The summed E-state index contributed by atoms with van der Waals surface area (Å²) in [6.45, 7) is 9.11. The normalized spacial score (nSPS) is 33.2. The molecule has 0 heterocycles. The Morgan fingerprint density at radius 3 is 2.42 bits per heavy atom. The molecule has 5 rings (SSSR count). The quantitative estimate of drug-likeness (QED) is 0.561. The third-order valence-electron chi connectivity index (χ3n) is 9.66. The second kappa shape index (κ2) is 7.77. The Morgan fingerprint density at radius 2 is 1.76 bits per heavy atom. The number of aromatic hydroxyl groups is 1. The fourth-order valence-corrected chi connectivity index (χ4v) is 7.61. The monoisotopic (exact) mass is 448 g/mol. The van der Waals surface area contributed by atoms with Crippen molar-refractivity contribution in [3.05, 3.63) is 58.7 Å². The van der Waals surface area contributed by atoms with Crippen LogP contribution in [-0.2, 0) is 18.3 Å². The molecule has 0 amide bonds. The molecule has 3 aliphatic carbocycles. The molecule has 3 nitrogen and oxygen atoms in total. The fourth-order valence-electron chi connectivity index (χ4n) is 7.61. The van der Waals surface area contributed by atoms with Crippen LogP contribution in [0.15, 0.2) is 36.4 Å². The Bertz CT molecular complexity index is 1030. The molecule has 5 atom stereocenters. The number of phenolic OH excluding ortho intramolecular Hbond substituents is 1. The lowest BCUT2D eigenvalue weighted by Gasteiger charge is -2.53. The molecule has 0 aliphatic heterocycles. The summed E-state index contributed by atoms with van der Waals surface area (Å²) in [5, 5.41) is 22.3. The smallest absolute Gasteiger partial charge is 0.160 e. The van der Waals surface area contributed by atoms with Crippen LogP contribution in [0, 0.1) is 17.3 Å². The number of fused-ring (bicyclic) bond motifs is 5. The maximum absolute atomic E-state index is 12.1. The number of aliphatic hydroxyl groups is 1. The van der Waals surface area contributed by atoms with Crippen molar-refractivity contribution in [3.63, 3.8) is 0 Å². The fraction of sp³-hybridized carbons (Fsp3) is 0.600. The third kappa shape index (κ3) is 3.58. The molecule has 3 aliphatic rings. The van der Waals surface area contributed by atoms with Crippen LogP contribution in [0.3, 0.4) is 0 Å². The van der Waals surface area contributed by atoms with Crippen molar-refractivity contribution in [1.29, 1.82) is 0 Å². The van der Waals surface area contributed by atoms with Gasteiger partial charge in [0.05, 0.1) is 12.7 Å². The molecule has 2 N–H and O–H groups in total. The summed E-state index contributed by atoms with van der Waals surface area (Å²) >= 11 is 0. The molecule has 0 aromatic heterocycles. The number of ether oxygens (including phenoxy) is 1. The first-order valence-corrected chi connectivity index (χ1v) is 12.8. The number of methoxy groups -OCH3 is 1. The molecule has 3 heteroatoms. The SMILES string of the molecule is COc1cc2c(cc1O)CCC1C2CC[C@@]2(C)C1CC[C@@]2(O)Cc1ccc(C(C)(C)C)cc1. The summed E-state index contributed by atoms with van der Waals surface area (Å²) in [4.78, 5) is 0. The molecule has 2 fully saturated rings. The van der Waals surface area contributed by atoms with Gasteiger partial charge in [-0.1, -0.05) is 52.0 Å². The minimum absolute atomic E-state index is 0.0463. The molecule has 178 valence electrons. The molecule has 2 saturated carbocycles. The first-order chi connectivity index (χ1) is 15.6. The van der Waals surface area contributed by atoms with Crippen molar-refractivity contribution >= 4 is 0 Å². The van der Waals surface area contributed by atoms with E-state index in [4.69, 9.17) is 4.74 Å². The second-order valence-electron chi connectivity index (χ2n) is 12.3. The van der Waals surface area contributed by atoms with Gasteiger partial charge in [0.25, 0.3) is 0 Å². The van der Waals surface area contributed by atoms with E-state index in [9.17, 15) is 10.2 Å².